The molecule has 0 radical (unpaired) electrons. The lowest BCUT2D eigenvalue weighted by atomic mass is 9.66. The molecule has 1 aromatic carbocycles. The predicted molar refractivity (Wildman–Crippen MR) is 78.9 cm³/mol. The van der Waals surface area contributed by atoms with Crippen molar-refractivity contribution < 1.29 is 0 Å². The van der Waals surface area contributed by atoms with E-state index in [0.717, 1.165) is 22.3 Å². The van der Waals surface area contributed by atoms with Gasteiger partial charge >= 0.3 is 0 Å². The maximum Gasteiger partial charge on any atom is 0.0655 e. The van der Waals surface area contributed by atoms with Crippen LogP contribution < -0.4 is 5.32 Å². The summed E-state index contributed by atoms with van der Waals surface area (Å²) < 4.78 is 0. The van der Waals surface area contributed by atoms with E-state index in [1.807, 2.05) is 6.07 Å². The average molecular weight is 284 g/mol. The highest BCUT2D eigenvalue weighted by Crippen LogP contribution is 2.52. The standard InChI is InChI=1S/C15H19Cl2N/c1-15(5-3-2-4-6-15)12-9-18-14-11(12)7-10(16)8-13(14)17/h7-8,12,18H,2-6,9H2,1H3. The van der Waals surface area contributed by atoms with Gasteiger partial charge in [0, 0.05) is 17.5 Å². The van der Waals surface area contributed by atoms with Gasteiger partial charge in [-0.15, -0.1) is 0 Å². The highest BCUT2D eigenvalue weighted by atomic mass is 35.5. The van der Waals surface area contributed by atoms with Crippen molar-refractivity contribution in [3.63, 3.8) is 0 Å². The van der Waals surface area contributed by atoms with Crippen LogP contribution in [0.3, 0.4) is 0 Å². The summed E-state index contributed by atoms with van der Waals surface area (Å²) in [7, 11) is 0. The van der Waals surface area contributed by atoms with E-state index in [9.17, 15) is 0 Å². The summed E-state index contributed by atoms with van der Waals surface area (Å²) in [5.41, 5.74) is 2.85. The molecule has 3 heteroatoms. The predicted octanol–water partition coefficient (Wildman–Crippen LogP) is 5.47. The van der Waals surface area contributed by atoms with Gasteiger partial charge in [0.25, 0.3) is 0 Å². The zero-order valence-electron chi connectivity index (χ0n) is 10.7. The summed E-state index contributed by atoms with van der Waals surface area (Å²) >= 11 is 12.4. The third-order valence-electron chi connectivity index (χ3n) is 4.78. The lowest BCUT2D eigenvalue weighted by molar-refractivity contribution is 0.177. The fraction of sp³-hybridized carbons (Fsp3) is 0.600. The molecule has 3 rings (SSSR count). The summed E-state index contributed by atoms with van der Waals surface area (Å²) in [4.78, 5) is 0. The third-order valence-corrected chi connectivity index (χ3v) is 5.30. The minimum absolute atomic E-state index is 0.407. The Labute approximate surface area is 119 Å². The van der Waals surface area contributed by atoms with E-state index in [4.69, 9.17) is 23.2 Å². The van der Waals surface area contributed by atoms with Gasteiger partial charge in [-0.2, -0.15) is 0 Å². The van der Waals surface area contributed by atoms with Crippen molar-refractivity contribution >= 4 is 28.9 Å². The normalized spacial score (nSPS) is 25.6. The van der Waals surface area contributed by atoms with Crippen molar-refractivity contribution in [2.45, 2.75) is 44.9 Å². The molecule has 1 nitrogen and oxygen atoms in total. The molecule has 0 spiro atoms. The number of rotatable bonds is 1. The van der Waals surface area contributed by atoms with E-state index in [1.165, 1.54) is 37.7 Å². The maximum absolute atomic E-state index is 6.28. The van der Waals surface area contributed by atoms with Gasteiger partial charge in [0.2, 0.25) is 0 Å². The van der Waals surface area contributed by atoms with E-state index >= 15 is 0 Å². The van der Waals surface area contributed by atoms with E-state index in [2.05, 4.69) is 18.3 Å². The summed E-state index contributed by atoms with van der Waals surface area (Å²) in [6, 6.07) is 3.94. The zero-order valence-corrected chi connectivity index (χ0v) is 12.2. The van der Waals surface area contributed by atoms with E-state index in [-0.39, 0.29) is 0 Å². The molecule has 18 heavy (non-hydrogen) atoms. The molecule has 1 aliphatic carbocycles. The van der Waals surface area contributed by atoms with Gasteiger partial charge in [-0.1, -0.05) is 49.4 Å². The first-order valence-corrected chi connectivity index (χ1v) is 7.58. The molecule has 0 saturated heterocycles. The Morgan fingerprint density at radius 1 is 1.17 bits per heavy atom. The molecule has 1 atom stereocenters. The molecule has 1 aliphatic heterocycles. The smallest absolute Gasteiger partial charge is 0.0655 e. The largest absolute Gasteiger partial charge is 0.383 e. The van der Waals surface area contributed by atoms with Gasteiger partial charge in [-0.05, 0) is 36.0 Å². The van der Waals surface area contributed by atoms with Crippen LogP contribution in [0.5, 0.6) is 0 Å². The molecule has 1 heterocycles. The maximum atomic E-state index is 6.28. The monoisotopic (exact) mass is 283 g/mol. The Balaban J connectivity index is 1.99. The van der Waals surface area contributed by atoms with Crippen molar-refractivity contribution in [3.05, 3.63) is 27.7 Å². The molecule has 0 bridgehead atoms. The average Bonchev–Trinajstić information content (AvgIpc) is 2.74. The van der Waals surface area contributed by atoms with Crippen LogP contribution in [0.15, 0.2) is 12.1 Å². The fourth-order valence-electron chi connectivity index (χ4n) is 3.70. The summed E-state index contributed by atoms with van der Waals surface area (Å²) in [6.07, 6.45) is 6.75. The van der Waals surface area contributed by atoms with Crippen LogP contribution in [-0.4, -0.2) is 6.54 Å². The highest BCUT2D eigenvalue weighted by Gasteiger charge is 2.40. The number of hydrogen-bond acceptors (Lipinski definition) is 1. The number of fused-ring (bicyclic) bond motifs is 1. The van der Waals surface area contributed by atoms with Crippen molar-refractivity contribution in [2.24, 2.45) is 5.41 Å². The second-order valence-corrected chi connectivity index (χ2v) is 6.84. The number of nitrogens with one attached hydrogen (secondary N) is 1. The zero-order chi connectivity index (χ0) is 12.8. The minimum atomic E-state index is 0.407. The van der Waals surface area contributed by atoms with Gasteiger partial charge in [0.15, 0.2) is 0 Å². The second kappa shape index (κ2) is 4.61. The number of anilines is 1. The lowest BCUT2D eigenvalue weighted by Gasteiger charge is -2.39. The van der Waals surface area contributed by atoms with Gasteiger partial charge in [0.05, 0.1) is 10.7 Å². The lowest BCUT2D eigenvalue weighted by Crippen LogP contribution is -2.29. The molecular formula is C15H19Cl2N. The van der Waals surface area contributed by atoms with Crippen molar-refractivity contribution in [1.29, 1.82) is 0 Å². The summed E-state index contributed by atoms with van der Waals surface area (Å²) in [5, 5.41) is 5.00. The van der Waals surface area contributed by atoms with Gasteiger partial charge in [-0.25, -0.2) is 0 Å². The Morgan fingerprint density at radius 3 is 2.61 bits per heavy atom. The van der Waals surface area contributed by atoms with Crippen LogP contribution in [0.1, 0.15) is 50.5 Å². The van der Waals surface area contributed by atoms with Crippen molar-refractivity contribution in [2.75, 3.05) is 11.9 Å². The van der Waals surface area contributed by atoms with Crippen LogP contribution >= 0.6 is 23.2 Å². The molecule has 2 aliphatic rings. The first-order chi connectivity index (χ1) is 8.60. The SMILES string of the molecule is CC1(C2CNc3c(Cl)cc(Cl)cc32)CCCCC1. The van der Waals surface area contributed by atoms with Crippen LogP contribution in [-0.2, 0) is 0 Å². The van der Waals surface area contributed by atoms with Gasteiger partial charge < -0.3 is 5.32 Å². The van der Waals surface area contributed by atoms with E-state index < -0.39 is 0 Å². The first kappa shape index (κ1) is 12.6. The molecule has 1 aromatic rings. The van der Waals surface area contributed by atoms with Crippen molar-refractivity contribution in [3.8, 4) is 0 Å². The Bertz CT molecular complexity index is 464. The number of benzene rings is 1. The summed E-state index contributed by atoms with van der Waals surface area (Å²) in [5.74, 6) is 0.559. The second-order valence-electron chi connectivity index (χ2n) is 6.00. The minimum Gasteiger partial charge on any atom is -0.383 e. The number of halogens is 2. The molecule has 98 valence electrons. The molecule has 0 amide bonds. The van der Waals surface area contributed by atoms with Crippen LogP contribution in [0.2, 0.25) is 10.0 Å². The fourth-order valence-corrected chi connectivity index (χ4v) is 4.27. The van der Waals surface area contributed by atoms with Crippen LogP contribution in [0, 0.1) is 5.41 Å². The van der Waals surface area contributed by atoms with Crippen LogP contribution in [0.25, 0.3) is 0 Å². The molecule has 1 unspecified atom stereocenters. The van der Waals surface area contributed by atoms with E-state index in [0.29, 0.717) is 11.3 Å². The molecule has 0 aromatic heterocycles. The van der Waals surface area contributed by atoms with Crippen molar-refractivity contribution in [1.82, 2.24) is 0 Å². The number of hydrogen-bond donors (Lipinski definition) is 1. The topological polar surface area (TPSA) is 12.0 Å². The molecule has 1 saturated carbocycles. The molecular weight excluding hydrogens is 265 g/mol. The van der Waals surface area contributed by atoms with Gasteiger partial charge in [0.1, 0.15) is 0 Å². The molecule has 1 N–H and O–H groups in total. The quantitative estimate of drug-likeness (QED) is 0.720. The third kappa shape index (κ3) is 2.02. The Morgan fingerprint density at radius 2 is 1.89 bits per heavy atom. The molecule has 1 fully saturated rings. The van der Waals surface area contributed by atoms with Gasteiger partial charge in [-0.3, -0.25) is 0 Å². The van der Waals surface area contributed by atoms with Crippen LogP contribution in [0.4, 0.5) is 5.69 Å². The Kier molecular flexibility index (Phi) is 3.23. The highest BCUT2D eigenvalue weighted by molar-refractivity contribution is 6.36. The Hall–Kier alpha value is -0.400. The van der Waals surface area contributed by atoms with E-state index in [1.54, 1.807) is 0 Å². The summed E-state index contributed by atoms with van der Waals surface area (Å²) in [6.45, 7) is 3.44. The first-order valence-electron chi connectivity index (χ1n) is 6.83.